The van der Waals surface area contributed by atoms with E-state index in [4.69, 9.17) is 0 Å². The normalized spacial score (nSPS) is 10.4. The molecule has 0 unspecified atom stereocenters. The monoisotopic (exact) mass is 348 g/mol. The summed E-state index contributed by atoms with van der Waals surface area (Å²) in [7, 11) is 2.07. The Labute approximate surface area is 134 Å². The second kappa shape index (κ2) is 13.0. The molecular formula is C15H29BrN2S. The number of imidazole rings is 1. The van der Waals surface area contributed by atoms with Gasteiger partial charge in [-0.3, -0.25) is 0 Å². The molecule has 0 aliphatic heterocycles. The third-order valence-electron chi connectivity index (χ3n) is 3.40. The largest absolute Gasteiger partial charge is 1.00 e. The summed E-state index contributed by atoms with van der Waals surface area (Å²) < 4.78 is 4.38. The number of hydrogen-bond donors (Lipinski definition) is 1. The van der Waals surface area contributed by atoms with Gasteiger partial charge in [-0.25, -0.2) is 9.13 Å². The zero-order chi connectivity index (χ0) is 13.1. The van der Waals surface area contributed by atoms with Gasteiger partial charge in [0.2, 0.25) is 6.33 Å². The Hall–Kier alpha value is 0.0400. The average Bonchev–Trinajstić information content (AvgIpc) is 2.77. The fourth-order valence-electron chi connectivity index (χ4n) is 2.28. The minimum atomic E-state index is 0. The molecule has 0 atom stereocenters. The fourth-order valence-corrected chi connectivity index (χ4v) is 2.50. The summed E-state index contributed by atoms with van der Waals surface area (Å²) in [4.78, 5) is 0. The van der Waals surface area contributed by atoms with Crippen molar-refractivity contribution in [1.29, 1.82) is 0 Å². The second-order valence-corrected chi connectivity index (χ2v) is 5.67. The zero-order valence-electron chi connectivity index (χ0n) is 12.2. The predicted molar refractivity (Wildman–Crippen MR) is 81.0 cm³/mol. The maximum Gasteiger partial charge on any atom is 0.243 e. The standard InChI is InChI=1S/C15H28N2S.BrH/c1-16-12-13-17(15-16)11-9-7-5-3-2-4-6-8-10-14-18;/h12-13,15H,2-11,14H2,1H3;1H. The summed E-state index contributed by atoms with van der Waals surface area (Å²) in [5.41, 5.74) is 0. The van der Waals surface area contributed by atoms with Crippen molar-refractivity contribution in [2.45, 2.75) is 64.3 Å². The molecule has 0 aromatic carbocycles. The lowest BCUT2D eigenvalue weighted by atomic mass is 10.1. The van der Waals surface area contributed by atoms with Gasteiger partial charge in [-0.05, 0) is 25.0 Å². The Morgan fingerprint density at radius 1 is 0.895 bits per heavy atom. The van der Waals surface area contributed by atoms with E-state index in [1.54, 1.807) is 0 Å². The van der Waals surface area contributed by atoms with Crippen molar-refractivity contribution < 1.29 is 21.5 Å². The van der Waals surface area contributed by atoms with E-state index < -0.39 is 0 Å². The molecule has 0 fully saturated rings. The molecule has 1 aromatic heterocycles. The van der Waals surface area contributed by atoms with Gasteiger partial charge in [0.1, 0.15) is 12.4 Å². The lowest BCUT2D eigenvalue weighted by Crippen LogP contribution is -3.00. The number of unbranched alkanes of at least 4 members (excludes halogenated alkanes) is 8. The molecule has 1 aromatic rings. The number of nitrogens with zero attached hydrogens (tertiary/aromatic N) is 2. The van der Waals surface area contributed by atoms with E-state index >= 15 is 0 Å². The molecule has 0 radical (unpaired) electrons. The number of aromatic nitrogens is 2. The van der Waals surface area contributed by atoms with Crippen LogP contribution in [0, 0.1) is 0 Å². The van der Waals surface area contributed by atoms with Gasteiger partial charge in [-0.15, -0.1) is 0 Å². The van der Waals surface area contributed by atoms with Crippen LogP contribution in [-0.4, -0.2) is 10.3 Å². The minimum absolute atomic E-state index is 0. The van der Waals surface area contributed by atoms with Crippen molar-refractivity contribution in [3.8, 4) is 0 Å². The van der Waals surface area contributed by atoms with Gasteiger partial charge in [0, 0.05) is 0 Å². The highest BCUT2D eigenvalue weighted by atomic mass is 79.9. The van der Waals surface area contributed by atoms with E-state index in [9.17, 15) is 0 Å². The van der Waals surface area contributed by atoms with Gasteiger partial charge in [-0.2, -0.15) is 12.6 Å². The predicted octanol–water partition coefficient (Wildman–Crippen LogP) is 0.757. The number of thiol groups is 1. The van der Waals surface area contributed by atoms with Gasteiger partial charge >= 0.3 is 0 Å². The first-order valence-corrected chi connectivity index (χ1v) is 8.08. The van der Waals surface area contributed by atoms with Gasteiger partial charge in [0.25, 0.3) is 0 Å². The molecule has 2 nitrogen and oxygen atoms in total. The third kappa shape index (κ3) is 10.5. The summed E-state index contributed by atoms with van der Waals surface area (Å²) in [5.74, 6) is 1.05. The second-order valence-electron chi connectivity index (χ2n) is 5.22. The van der Waals surface area contributed by atoms with Crippen LogP contribution in [0.25, 0.3) is 0 Å². The Morgan fingerprint density at radius 2 is 1.42 bits per heavy atom. The lowest BCUT2D eigenvalue weighted by Gasteiger charge is -2.01. The fraction of sp³-hybridized carbons (Fsp3) is 0.800. The molecule has 0 amide bonds. The van der Waals surface area contributed by atoms with Crippen molar-refractivity contribution in [2.75, 3.05) is 5.75 Å². The van der Waals surface area contributed by atoms with E-state index in [2.05, 4.69) is 47.5 Å². The van der Waals surface area contributed by atoms with Crippen molar-refractivity contribution in [1.82, 2.24) is 4.57 Å². The van der Waals surface area contributed by atoms with E-state index in [0.717, 1.165) is 5.75 Å². The molecule has 19 heavy (non-hydrogen) atoms. The molecule has 0 N–H and O–H groups in total. The Morgan fingerprint density at radius 3 is 1.89 bits per heavy atom. The van der Waals surface area contributed by atoms with Crippen LogP contribution in [0.1, 0.15) is 57.8 Å². The van der Waals surface area contributed by atoms with Crippen molar-refractivity contribution in [2.24, 2.45) is 7.05 Å². The molecular weight excluding hydrogens is 320 g/mol. The van der Waals surface area contributed by atoms with Gasteiger partial charge in [0.05, 0.1) is 13.6 Å². The lowest BCUT2D eigenvalue weighted by molar-refractivity contribution is -0.696. The molecule has 0 bridgehead atoms. The van der Waals surface area contributed by atoms with E-state index in [0.29, 0.717) is 0 Å². The van der Waals surface area contributed by atoms with Gasteiger partial charge in [-0.1, -0.05) is 38.5 Å². The SMILES string of the molecule is Cn1cc[n+](CCCCCCCCCCCS)c1.[Br-]. The molecule has 1 rings (SSSR count). The van der Waals surface area contributed by atoms with Crippen LogP contribution in [-0.2, 0) is 13.6 Å². The van der Waals surface area contributed by atoms with Crippen LogP contribution >= 0.6 is 12.6 Å². The van der Waals surface area contributed by atoms with E-state index in [-0.39, 0.29) is 17.0 Å². The van der Waals surface area contributed by atoms with Crippen LogP contribution in [0.15, 0.2) is 18.7 Å². The highest BCUT2D eigenvalue weighted by Crippen LogP contribution is 2.09. The smallest absolute Gasteiger partial charge is 0.243 e. The highest BCUT2D eigenvalue weighted by Gasteiger charge is 1.99. The maximum absolute atomic E-state index is 4.23. The molecule has 112 valence electrons. The van der Waals surface area contributed by atoms with Crippen molar-refractivity contribution >= 4 is 12.6 Å². The van der Waals surface area contributed by atoms with Gasteiger partial charge in [0.15, 0.2) is 0 Å². The summed E-state index contributed by atoms with van der Waals surface area (Å²) >= 11 is 4.23. The van der Waals surface area contributed by atoms with Crippen molar-refractivity contribution in [3.63, 3.8) is 0 Å². The molecule has 0 saturated carbocycles. The Kier molecular flexibility index (Phi) is 13.1. The van der Waals surface area contributed by atoms with E-state index in [1.807, 2.05) is 0 Å². The molecule has 0 saturated heterocycles. The topological polar surface area (TPSA) is 8.81 Å². The summed E-state index contributed by atoms with van der Waals surface area (Å²) in [6, 6.07) is 0. The van der Waals surface area contributed by atoms with Gasteiger partial charge < -0.3 is 17.0 Å². The van der Waals surface area contributed by atoms with Crippen LogP contribution in [0.3, 0.4) is 0 Å². The molecule has 0 aliphatic carbocycles. The number of hydrogen-bond acceptors (Lipinski definition) is 1. The number of halogens is 1. The molecule has 0 spiro atoms. The first kappa shape index (κ1) is 19.0. The number of rotatable bonds is 11. The quantitative estimate of drug-likeness (QED) is 0.343. The van der Waals surface area contributed by atoms with Crippen LogP contribution < -0.4 is 21.5 Å². The average molecular weight is 349 g/mol. The Balaban J connectivity index is 0.00000324. The first-order valence-electron chi connectivity index (χ1n) is 7.45. The van der Waals surface area contributed by atoms with Crippen LogP contribution in [0.5, 0.6) is 0 Å². The van der Waals surface area contributed by atoms with E-state index in [1.165, 1.54) is 64.3 Å². The first-order chi connectivity index (χ1) is 8.83. The van der Waals surface area contributed by atoms with Crippen molar-refractivity contribution in [3.05, 3.63) is 18.7 Å². The maximum atomic E-state index is 4.23. The molecule has 1 heterocycles. The van der Waals surface area contributed by atoms with Crippen LogP contribution in [0.2, 0.25) is 0 Å². The highest BCUT2D eigenvalue weighted by molar-refractivity contribution is 7.80. The third-order valence-corrected chi connectivity index (χ3v) is 3.71. The van der Waals surface area contributed by atoms with Crippen LogP contribution in [0.4, 0.5) is 0 Å². The molecule has 4 heteroatoms. The molecule has 0 aliphatic rings. The number of aryl methyl sites for hydroxylation is 2. The Bertz CT molecular complexity index is 302. The summed E-state index contributed by atoms with van der Waals surface area (Å²) in [6.07, 6.45) is 18.8. The minimum Gasteiger partial charge on any atom is -1.00 e. The summed E-state index contributed by atoms with van der Waals surface area (Å²) in [6.45, 7) is 1.17. The zero-order valence-corrected chi connectivity index (χ0v) is 14.7. The summed E-state index contributed by atoms with van der Waals surface area (Å²) in [5, 5.41) is 0.